The van der Waals surface area contributed by atoms with Crippen molar-refractivity contribution in [3.8, 4) is 0 Å². The zero-order chi connectivity index (χ0) is 16.2. The molecule has 6 nitrogen and oxygen atoms in total. The molecule has 0 saturated carbocycles. The molecule has 0 bridgehead atoms. The van der Waals surface area contributed by atoms with Crippen molar-refractivity contribution in [3.05, 3.63) is 51.7 Å². The van der Waals surface area contributed by atoms with E-state index in [2.05, 4.69) is 14.7 Å². The third-order valence-corrected chi connectivity index (χ3v) is 4.84. The fourth-order valence-electron chi connectivity index (χ4n) is 1.57. The number of hydrazone groups is 1. The Balaban J connectivity index is 2.06. The lowest BCUT2D eigenvalue weighted by atomic mass is 10.2. The Hall–Kier alpha value is -2.19. The van der Waals surface area contributed by atoms with Crippen molar-refractivity contribution in [2.24, 2.45) is 5.10 Å². The number of rotatable bonds is 5. The molecule has 22 heavy (non-hydrogen) atoms. The number of esters is 1. The molecular formula is C14H14N2O4S2. The van der Waals surface area contributed by atoms with Crippen LogP contribution in [0.2, 0.25) is 0 Å². The highest BCUT2D eigenvalue weighted by molar-refractivity contribution is 7.89. The lowest BCUT2D eigenvalue weighted by Crippen LogP contribution is -2.18. The van der Waals surface area contributed by atoms with Gasteiger partial charge in [-0.2, -0.15) is 13.5 Å². The number of carbonyl (C=O) groups excluding carboxylic acids is 1. The Morgan fingerprint density at radius 3 is 2.64 bits per heavy atom. The third-order valence-electron chi connectivity index (χ3n) is 2.74. The number of methoxy groups -OCH3 is 1. The summed E-state index contributed by atoms with van der Waals surface area (Å²) in [4.78, 5) is 14.2. The van der Waals surface area contributed by atoms with Crippen molar-refractivity contribution in [1.29, 1.82) is 0 Å². The molecule has 0 radical (unpaired) electrons. The van der Waals surface area contributed by atoms with Crippen molar-refractivity contribution in [2.75, 3.05) is 7.11 Å². The molecule has 0 aliphatic heterocycles. The summed E-state index contributed by atoms with van der Waals surface area (Å²) < 4.78 is 28.6. The maximum Gasteiger partial charge on any atom is 0.338 e. The van der Waals surface area contributed by atoms with Gasteiger partial charge in [0.1, 0.15) is 0 Å². The topological polar surface area (TPSA) is 84.8 Å². The second-order valence-corrected chi connectivity index (χ2v) is 7.00. The number of nitrogens with one attached hydrogen (secondary N) is 1. The van der Waals surface area contributed by atoms with Crippen LogP contribution in [0.15, 0.2) is 45.7 Å². The lowest BCUT2D eigenvalue weighted by Gasteiger charge is -2.03. The summed E-state index contributed by atoms with van der Waals surface area (Å²) in [6.07, 6.45) is 1.34. The first-order valence-electron chi connectivity index (χ1n) is 6.21. The van der Waals surface area contributed by atoms with Crippen molar-refractivity contribution in [1.82, 2.24) is 4.83 Å². The van der Waals surface area contributed by atoms with E-state index in [-0.39, 0.29) is 4.90 Å². The Morgan fingerprint density at radius 2 is 2.00 bits per heavy atom. The normalized spacial score (nSPS) is 11.5. The number of sulfonamides is 1. The first-order chi connectivity index (χ1) is 10.4. The number of nitrogens with zero attached hydrogens (tertiary/aromatic N) is 1. The van der Waals surface area contributed by atoms with Gasteiger partial charge < -0.3 is 4.74 Å². The van der Waals surface area contributed by atoms with E-state index in [0.717, 1.165) is 5.56 Å². The highest BCUT2D eigenvalue weighted by Crippen LogP contribution is 2.14. The van der Waals surface area contributed by atoms with Crippen LogP contribution >= 0.6 is 11.3 Å². The van der Waals surface area contributed by atoms with E-state index in [1.165, 1.54) is 36.8 Å². The van der Waals surface area contributed by atoms with Gasteiger partial charge in [-0.05, 0) is 25.1 Å². The monoisotopic (exact) mass is 338 g/mol. The molecule has 0 aliphatic carbocycles. The van der Waals surface area contributed by atoms with Gasteiger partial charge in [-0.3, -0.25) is 0 Å². The SMILES string of the molecule is COC(=O)c1csc(/C=N\NS(=O)(=O)c2ccc(C)cc2)c1. The average molecular weight is 338 g/mol. The fraction of sp³-hybridized carbons (Fsp3) is 0.143. The second-order valence-electron chi connectivity index (χ2n) is 4.40. The number of ether oxygens (including phenoxy) is 1. The minimum atomic E-state index is -3.70. The van der Waals surface area contributed by atoms with Crippen LogP contribution in [0.1, 0.15) is 20.8 Å². The van der Waals surface area contributed by atoms with Crippen LogP contribution in [0, 0.1) is 6.92 Å². The van der Waals surface area contributed by atoms with Crippen LogP contribution in [-0.2, 0) is 14.8 Å². The number of carbonyl (C=O) groups is 1. The predicted octanol–water partition coefficient (Wildman–Crippen LogP) is 2.16. The lowest BCUT2D eigenvalue weighted by molar-refractivity contribution is 0.0601. The largest absolute Gasteiger partial charge is 0.465 e. The highest BCUT2D eigenvalue weighted by Gasteiger charge is 2.12. The quantitative estimate of drug-likeness (QED) is 0.514. The Kier molecular flexibility index (Phi) is 4.94. The molecule has 1 N–H and O–H groups in total. The number of aryl methyl sites for hydroxylation is 1. The molecule has 1 aromatic carbocycles. The molecule has 0 fully saturated rings. The van der Waals surface area contributed by atoms with Crippen molar-refractivity contribution < 1.29 is 17.9 Å². The highest BCUT2D eigenvalue weighted by atomic mass is 32.2. The van der Waals surface area contributed by atoms with Gasteiger partial charge in [-0.1, -0.05) is 17.7 Å². The van der Waals surface area contributed by atoms with E-state index in [1.807, 2.05) is 6.92 Å². The van der Waals surface area contributed by atoms with Gasteiger partial charge in [0.05, 0.1) is 23.8 Å². The van der Waals surface area contributed by atoms with Crippen LogP contribution in [-0.4, -0.2) is 27.7 Å². The summed E-state index contributed by atoms with van der Waals surface area (Å²) in [6.45, 7) is 1.87. The van der Waals surface area contributed by atoms with E-state index < -0.39 is 16.0 Å². The van der Waals surface area contributed by atoms with Gasteiger partial charge in [0, 0.05) is 10.3 Å². The van der Waals surface area contributed by atoms with Gasteiger partial charge in [-0.15, -0.1) is 11.3 Å². The van der Waals surface area contributed by atoms with Crippen molar-refractivity contribution in [2.45, 2.75) is 11.8 Å². The van der Waals surface area contributed by atoms with Crippen LogP contribution < -0.4 is 4.83 Å². The van der Waals surface area contributed by atoms with E-state index in [9.17, 15) is 13.2 Å². The molecule has 0 unspecified atom stereocenters. The fourth-order valence-corrected chi connectivity index (χ4v) is 3.10. The van der Waals surface area contributed by atoms with E-state index in [4.69, 9.17) is 0 Å². The zero-order valence-corrected chi connectivity index (χ0v) is 13.6. The maximum atomic E-state index is 12.0. The molecule has 2 rings (SSSR count). The van der Waals surface area contributed by atoms with Gasteiger partial charge in [-0.25, -0.2) is 9.63 Å². The summed E-state index contributed by atoms with van der Waals surface area (Å²) in [7, 11) is -2.40. The van der Waals surface area contributed by atoms with E-state index in [1.54, 1.807) is 23.6 Å². The molecule has 1 heterocycles. The molecule has 0 amide bonds. The minimum Gasteiger partial charge on any atom is -0.465 e. The van der Waals surface area contributed by atoms with Crippen molar-refractivity contribution >= 4 is 33.5 Å². The summed E-state index contributed by atoms with van der Waals surface area (Å²) in [5.74, 6) is -0.448. The number of benzene rings is 1. The Labute approximate surface area is 132 Å². The Bertz CT molecular complexity index is 793. The van der Waals surface area contributed by atoms with Gasteiger partial charge in [0.2, 0.25) is 0 Å². The number of hydrogen-bond acceptors (Lipinski definition) is 6. The zero-order valence-electron chi connectivity index (χ0n) is 11.9. The van der Waals surface area contributed by atoms with Gasteiger partial charge >= 0.3 is 5.97 Å². The molecule has 0 aliphatic rings. The third kappa shape index (κ3) is 3.92. The molecule has 0 atom stereocenters. The van der Waals surface area contributed by atoms with Gasteiger partial charge in [0.25, 0.3) is 10.0 Å². The number of thiophene rings is 1. The summed E-state index contributed by atoms with van der Waals surface area (Å²) in [6, 6.07) is 8.00. The first-order valence-corrected chi connectivity index (χ1v) is 8.57. The second kappa shape index (κ2) is 6.71. The van der Waals surface area contributed by atoms with E-state index in [0.29, 0.717) is 10.4 Å². The van der Waals surface area contributed by atoms with Crippen LogP contribution in [0.4, 0.5) is 0 Å². The maximum absolute atomic E-state index is 12.0. The summed E-state index contributed by atoms with van der Waals surface area (Å²) in [5, 5.41) is 5.32. The summed E-state index contributed by atoms with van der Waals surface area (Å²) in [5.41, 5.74) is 1.37. The molecule has 0 saturated heterocycles. The van der Waals surface area contributed by atoms with E-state index >= 15 is 0 Å². The molecule has 2 aromatic rings. The van der Waals surface area contributed by atoms with Crippen LogP contribution in [0.3, 0.4) is 0 Å². The molecule has 8 heteroatoms. The standard InChI is InChI=1S/C14H14N2O4S2/c1-10-3-5-13(6-4-10)22(18,19)16-15-8-12-7-11(9-21-12)14(17)20-2/h3-9,16H,1-2H3/b15-8-. The minimum absolute atomic E-state index is 0.136. The van der Waals surface area contributed by atoms with Gasteiger partial charge in [0.15, 0.2) is 0 Å². The molecule has 116 valence electrons. The smallest absolute Gasteiger partial charge is 0.338 e. The average Bonchev–Trinajstić information content (AvgIpc) is 2.95. The molecular weight excluding hydrogens is 324 g/mol. The Morgan fingerprint density at radius 1 is 1.32 bits per heavy atom. The molecule has 1 aromatic heterocycles. The number of hydrogen-bond donors (Lipinski definition) is 1. The van der Waals surface area contributed by atoms with Crippen LogP contribution in [0.25, 0.3) is 0 Å². The van der Waals surface area contributed by atoms with Crippen molar-refractivity contribution in [3.63, 3.8) is 0 Å². The van der Waals surface area contributed by atoms with Crippen LogP contribution in [0.5, 0.6) is 0 Å². The predicted molar refractivity (Wildman–Crippen MR) is 84.8 cm³/mol. The molecule has 0 spiro atoms. The summed E-state index contributed by atoms with van der Waals surface area (Å²) >= 11 is 1.26. The first kappa shape index (κ1) is 16.2.